The fourth-order valence-electron chi connectivity index (χ4n) is 1.66. The average molecular weight is 241 g/mol. The van der Waals surface area contributed by atoms with Crippen molar-refractivity contribution >= 4 is 5.84 Å². The lowest BCUT2D eigenvalue weighted by Gasteiger charge is -2.26. The number of nitrogens with one attached hydrogen (secondary N) is 1. The highest BCUT2D eigenvalue weighted by Crippen LogP contribution is 2.09. The van der Waals surface area contributed by atoms with Gasteiger partial charge in [0.2, 0.25) is 0 Å². The molecule has 102 valence electrons. The van der Waals surface area contributed by atoms with Crippen LogP contribution in [0.1, 0.15) is 47.5 Å². The van der Waals surface area contributed by atoms with Gasteiger partial charge in [0.15, 0.2) is 0 Å². The molecule has 0 radical (unpaired) electrons. The molecule has 0 saturated carbocycles. The highest BCUT2D eigenvalue weighted by Gasteiger charge is 2.13. The van der Waals surface area contributed by atoms with Gasteiger partial charge in [-0.2, -0.15) is 0 Å². The van der Waals surface area contributed by atoms with E-state index in [1.807, 2.05) is 6.92 Å². The quantitative estimate of drug-likeness (QED) is 0.482. The lowest BCUT2D eigenvalue weighted by molar-refractivity contribution is 0.231. The molecule has 0 aromatic heterocycles. The summed E-state index contributed by atoms with van der Waals surface area (Å²) in [5, 5.41) is 7.48. The fourth-order valence-corrected chi connectivity index (χ4v) is 1.66. The van der Waals surface area contributed by atoms with Gasteiger partial charge in [0.05, 0.1) is 5.84 Å². The summed E-state index contributed by atoms with van der Waals surface area (Å²) in [5.74, 6) is 1.96. The van der Waals surface area contributed by atoms with E-state index in [0.717, 1.165) is 31.5 Å². The van der Waals surface area contributed by atoms with E-state index >= 15 is 0 Å². The predicted octanol–water partition coefficient (Wildman–Crippen LogP) is 2.95. The third-order valence-corrected chi connectivity index (χ3v) is 3.11. The largest absolute Gasteiger partial charge is 0.387 e. The summed E-state index contributed by atoms with van der Waals surface area (Å²) in [7, 11) is 0. The van der Waals surface area contributed by atoms with E-state index in [0.29, 0.717) is 5.84 Å². The predicted molar refractivity (Wildman–Crippen MR) is 76.4 cm³/mol. The Bertz CT molecular complexity index is 200. The molecule has 3 heteroatoms. The van der Waals surface area contributed by atoms with Crippen LogP contribution in [0.15, 0.2) is 0 Å². The molecule has 0 rings (SSSR count). The van der Waals surface area contributed by atoms with Gasteiger partial charge in [-0.05, 0) is 37.8 Å². The van der Waals surface area contributed by atoms with Crippen molar-refractivity contribution < 1.29 is 0 Å². The van der Waals surface area contributed by atoms with Crippen molar-refractivity contribution in [2.75, 3.05) is 19.6 Å². The Hall–Kier alpha value is -0.570. The Morgan fingerprint density at radius 1 is 1.00 bits per heavy atom. The van der Waals surface area contributed by atoms with E-state index in [1.165, 1.54) is 12.8 Å². The van der Waals surface area contributed by atoms with Crippen molar-refractivity contribution in [2.45, 2.75) is 47.5 Å². The zero-order valence-electron chi connectivity index (χ0n) is 12.3. The number of hydrogen-bond donors (Lipinski definition) is 2. The molecule has 1 unspecified atom stereocenters. The van der Waals surface area contributed by atoms with Crippen LogP contribution in [-0.4, -0.2) is 30.4 Å². The van der Waals surface area contributed by atoms with Crippen LogP contribution in [0.4, 0.5) is 0 Å². The molecule has 0 saturated heterocycles. The van der Waals surface area contributed by atoms with E-state index < -0.39 is 0 Å². The van der Waals surface area contributed by atoms with Crippen LogP contribution in [0.2, 0.25) is 0 Å². The molecule has 0 aliphatic carbocycles. The van der Waals surface area contributed by atoms with Gasteiger partial charge >= 0.3 is 0 Å². The first-order valence-electron chi connectivity index (χ1n) is 6.89. The van der Waals surface area contributed by atoms with E-state index in [2.05, 4.69) is 32.6 Å². The molecule has 0 bridgehead atoms. The Morgan fingerprint density at radius 3 is 1.71 bits per heavy atom. The van der Waals surface area contributed by atoms with Gasteiger partial charge in [0.1, 0.15) is 0 Å². The number of nitrogens with two attached hydrogens (primary N) is 1. The SMILES string of the molecule is CC(C)CCN(CCC(C)C)CC(C)C(=N)N. The topological polar surface area (TPSA) is 53.1 Å². The minimum atomic E-state index is 0.175. The molecule has 0 heterocycles. The molecule has 0 aliphatic rings. The zero-order chi connectivity index (χ0) is 13.4. The molecule has 0 spiro atoms. The number of nitrogens with zero attached hydrogens (tertiary/aromatic N) is 1. The van der Waals surface area contributed by atoms with E-state index in [9.17, 15) is 0 Å². The van der Waals surface area contributed by atoms with Crippen LogP contribution < -0.4 is 5.73 Å². The summed E-state index contributed by atoms with van der Waals surface area (Å²) in [6.07, 6.45) is 2.45. The Labute approximate surface area is 107 Å². The molecule has 3 nitrogen and oxygen atoms in total. The molecule has 0 aromatic rings. The van der Waals surface area contributed by atoms with Gasteiger partial charge < -0.3 is 10.6 Å². The van der Waals surface area contributed by atoms with Crippen molar-refractivity contribution in [2.24, 2.45) is 23.5 Å². The van der Waals surface area contributed by atoms with Gasteiger partial charge in [0.25, 0.3) is 0 Å². The zero-order valence-corrected chi connectivity index (χ0v) is 12.3. The maximum atomic E-state index is 7.48. The van der Waals surface area contributed by atoms with Crippen molar-refractivity contribution in [1.82, 2.24) is 4.90 Å². The van der Waals surface area contributed by atoms with Crippen LogP contribution in [0.5, 0.6) is 0 Å². The van der Waals surface area contributed by atoms with Gasteiger partial charge in [0, 0.05) is 12.5 Å². The first kappa shape index (κ1) is 16.4. The third kappa shape index (κ3) is 9.16. The lowest BCUT2D eigenvalue weighted by Crippen LogP contribution is -2.36. The maximum absolute atomic E-state index is 7.48. The summed E-state index contributed by atoms with van der Waals surface area (Å²) in [6.45, 7) is 14.3. The first-order valence-corrected chi connectivity index (χ1v) is 6.89. The summed E-state index contributed by atoms with van der Waals surface area (Å²) in [5.41, 5.74) is 5.55. The molecular weight excluding hydrogens is 210 g/mol. The van der Waals surface area contributed by atoms with Gasteiger partial charge in [-0.25, -0.2) is 0 Å². The molecule has 0 aliphatic heterocycles. The molecule has 3 N–H and O–H groups in total. The van der Waals surface area contributed by atoms with Crippen molar-refractivity contribution in [1.29, 1.82) is 5.41 Å². The molecule has 17 heavy (non-hydrogen) atoms. The highest BCUT2D eigenvalue weighted by molar-refractivity contribution is 5.79. The summed E-state index contributed by atoms with van der Waals surface area (Å²) in [4.78, 5) is 2.46. The van der Waals surface area contributed by atoms with Crippen LogP contribution in [0.3, 0.4) is 0 Å². The standard InChI is InChI=1S/C14H31N3/c1-11(2)6-8-17(9-7-12(3)4)10-13(5)14(15)16/h11-13H,6-10H2,1-5H3,(H3,15,16). The lowest BCUT2D eigenvalue weighted by atomic mass is 10.1. The van der Waals surface area contributed by atoms with Crippen molar-refractivity contribution in [3.8, 4) is 0 Å². The first-order chi connectivity index (χ1) is 7.82. The smallest absolute Gasteiger partial charge is 0.0947 e. The molecule has 0 fully saturated rings. The van der Waals surface area contributed by atoms with Crippen LogP contribution >= 0.6 is 0 Å². The minimum absolute atomic E-state index is 0.175. The average Bonchev–Trinajstić information content (AvgIpc) is 2.21. The third-order valence-electron chi connectivity index (χ3n) is 3.11. The van der Waals surface area contributed by atoms with Crippen LogP contribution in [0.25, 0.3) is 0 Å². The van der Waals surface area contributed by atoms with Crippen LogP contribution in [0, 0.1) is 23.2 Å². The van der Waals surface area contributed by atoms with Gasteiger partial charge in [-0.3, -0.25) is 5.41 Å². The highest BCUT2D eigenvalue weighted by atomic mass is 15.1. The van der Waals surface area contributed by atoms with Gasteiger partial charge in [-0.15, -0.1) is 0 Å². The van der Waals surface area contributed by atoms with Crippen molar-refractivity contribution in [3.63, 3.8) is 0 Å². The summed E-state index contributed by atoms with van der Waals surface area (Å²) >= 11 is 0. The number of amidine groups is 1. The molecule has 0 aromatic carbocycles. The fraction of sp³-hybridized carbons (Fsp3) is 0.929. The molecule has 1 atom stereocenters. The van der Waals surface area contributed by atoms with E-state index in [-0.39, 0.29) is 5.92 Å². The monoisotopic (exact) mass is 241 g/mol. The Balaban J connectivity index is 4.14. The second-order valence-corrected chi connectivity index (χ2v) is 6.02. The molecular formula is C14H31N3. The second-order valence-electron chi connectivity index (χ2n) is 6.02. The Kier molecular flexibility index (Phi) is 8.23. The normalized spacial score (nSPS) is 13.6. The summed E-state index contributed by atoms with van der Waals surface area (Å²) in [6, 6.07) is 0. The molecule has 0 amide bonds. The maximum Gasteiger partial charge on any atom is 0.0947 e. The van der Waals surface area contributed by atoms with Crippen LogP contribution in [-0.2, 0) is 0 Å². The minimum Gasteiger partial charge on any atom is -0.387 e. The van der Waals surface area contributed by atoms with Gasteiger partial charge in [-0.1, -0.05) is 34.6 Å². The summed E-state index contributed by atoms with van der Waals surface area (Å²) < 4.78 is 0. The second kappa shape index (κ2) is 8.51. The van der Waals surface area contributed by atoms with Crippen molar-refractivity contribution in [3.05, 3.63) is 0 Å². The number of rotatable bonds is 9. The van der Waals surface area contributed by atoms with E-state index in [4.69, 9.17) is 11.1 Å². The Morgan fingerprint density at radius 2 is 1.41 bits per heavy atom. The number of hydrogen-bond acceptors (Lipinski definition) is 2. The van der Waals surface area contributed by atoms with E-state index in [1.54, 1.807) is 0 Å².